The molecule has 8 nitrogen and oxygen atoms in total. The van der Waals surface area contributed by atoms with E-state index in [0.717, 1.165) is 36.3 Å². The molecule has 0 amide bonds. The van der Waals surface area contributed by atoms with Crippen molar-refractivity contribution in [1.82, 2.24) is 20.0 Å². The Morgan fingerprint density at radius 3 is 2.59 bits per heavy atom. The van der Waals surface area contributed by atoms with E-state index in [9.17, 15) is 14.7 Å². The largest absolute Gasteiger partial charge is 0.481 e. The minimum absolute atomic E-state index is 0.0277. The van der Waals surface area contributed by atoms with Gasteiger partial charge in [0.05, 0.1) is 40.4 Å². The van der Waals surface area contributed by atoms with Crippen LogP contribution in [0.3, 0.4) is 0 Å². The second kappa shape index (κ2) is 6.32. The standard InChI is InChI=1S/C20H24ClN5O3/c1-9-17(10(2)25-24-9)23-14-8-22-26(18(27)16(14)21)20-6-11-3-12(7-20)5-13(4-11)15(20)19(28)29/h8,11-13,15,23H,3-7H2,1-2H3,(H,24,25)(H,28,29)/t11-,12-,13?,15-,20?/m0/s1. The normalized spacial score (nSPS) is 32.5. The monoisotopic (exact) mass is 417 g/mol. The average Bonchev–Trinajstić information content (AvgIpc) is 2.96. The molecule has 0 saturated heterocycles. The summed E-state index contributed by atoms with van der Waals surface area (Å²) in [5, 5.41) is 24.7. The molecular formula is C20H24ClN5O3. The zero-order valence-electron chi connectivity index (χ0n) is 16.4. The lowest BCUT2D eigenvalue weighted by molar-refractivity contribution is -0.168. The van der Waals surface area contributed by atoms with E-state index in [-0.39, 0.29) is 10.9 Å². The van der Waals surface area contributed by atoms with Gasteiger partial charge < -0.3 is 10.4 Å². The maximum absolute atomic E-state index is 13.3. The molecule has 2 heterocycles. The summed E-state index contributed by atoms with van der Waals surface area (Å²) in [5.41, 5.74) is 1.54. The van der Waals surface area contributed by atoms with Crippen molar-refractivity contribution < 1.29 is 9.90 Å². The van der Waals surface area contributed by atoms with Crippen molar-refractivity contribution in [2.45, 2.75) is 51.5 Å². The molecule has 9 heteroatoms. The summed E-state index contributed by atoms with van der Waals surface area (Å²) in [6.45, 7) is 3.72. The summed E-state index contributed by atoms with van der Waals surface area (Å²) in [6, 6.07) is 0. The topological polar surface area (TPSA) is 113 Å². The third-order valence-electron chi connectivity index (χ3n) is 7.27. The molecule has 4 aliphatic carbocycles. The van der Waals surface area contributed by atoms with Crippen LogP contribution in [0, 0.1) is 37.5 Å². The highest BCUT2D eigenvalue weighted by Gasteiger charge is 2.61. The highest BCUT2D eigenvalue weighted by atomic mass is 35.5. The number of carboxylic acids is 1. The van der Waals surface area contributed by atoms with E-state index in [1.165, 1.54) is 10.9 Å². The van der Waals surface area contributed by atoms with Gasteiger partial charge in [0, 0.05) is 0 Å². The number of H-pyrrole nitrogens is 1. The number of aliphatic carboxylic acids is 1. The Morgan fingerprint density at radius 1 is 1.31 bits per heavy atom. The minimum atomic E-state index is -0.828. The van der Waals surface area contributed by atoms with Gasteiger partial charge in [-0.3, -0.25) is 14.7 Å². The molecule has 2 aromatic rings. The fourth-order valence-corrected chi connectivity index (χ4v) is 6.62. The van der Waals surface area contributed by atoms with Crippen LogP contribution in [-0.2, 0) is 10.3 Å². The SMILES string of the molecule is Cc1n[nH]c(C)c1Nc1cnn(C23C[C@@H]4CC(C[C@H](C4)C2)[C@H]3C(=O)O)c(=O)c1Cl. The van der Waals surface area contributed by atoms with Crippen LogP contribution in [0.2, 0.25) is 5.02 Å². The zero-order chi connectivity index (χ0) is 20.5. The molecule has 0 radical (unpaired) electrons. The predicted molar refractivity (Wildman–Crippen MR) is 108 cm³/mol. The van der Waals surface area contributed by atoms with Gasteiger partial charge in [0.15, 0.2) is 0 Å². The van der Waals surface area contributed by atoms with Crippen LogP contribution in [0.4, 0.5) is 11.4 Å². The fraction of sp³-hybridized carbons (Fsp3) is 0.600. The molecule has 0 unspecified atom stereocenters. The Bertz CT molecular complexity index is 1030. The number of halogens is 1. The van der Waals surface area contributed by atoms with E-state index >= 15 is 0 Å². The van der Waals surface area contributed by atoms with Gasteiger partial charge >= 0.3 is 5.97 Å². The van der Waals surface area contributed by atoms with Gasteiger partial charge in [0.25, 0.3) is 5.56 Å². The summed E-state index contributed by atoms with van der Waals surface area (Å²) < 4.78 is 1.40. The molecule has 0 aliphatic heterocycles. The van der Waals surface area contributed by atoms with Crippen LogP contribution < -0.4 is 10.9 Å². The second-order valence-corrected chi connectivity index (χ2v) is 9.43. The number of hydrogen-bond acceptors (Lipinski definition) is 5. The van der Waals surface area contributed by atoms with Crippen molar-refractivity contribution >= 4 is 28.9 Å². The lowest BCUT2D eigenvalue weighted by Crippen LogP contribution is -2.63. The molecule has 4 aliphatic rings. The molecule has 0 spiro atoms. The maximum Gasteiger partial charge on any atom is 0.309 e. The van der Waals surface area contributed by atoms with Crippen molar-refractivity contribution in [2.24, 2.45) is 23.7 Å². The first-order chi connectivity index (χ1) is 13.8. The zero-order valence-corrected chi connectivity index (χ0v) is 17.2. The van der Waals surface area contributed by atoms with Crippen molar-refractivity contribution in [3.05, 3.63) is 33.0 Å². The molecule has 4 fully saturated rings. The molecule has 154 valence electrons. The van der Waals surface area contributed by atoms with Gasteiger partial charge in [0.1, 0.15) is 5.02 Å². The number of carboxylic acid groups (broad SMARTS) is 1. The number of hydrogen-bond donors (Lipinski definition) is 3. The summed E-state index contributed by atoms with van der Waals surface area (Å²) in [5.74, 6) is -0.381. The Balaban J connectivity index is 1.59. The molecule has 4 saturated carbocycles. The number of nitrogens with one attached hydrogen (secondary N) is 2. The number of rotatable bonds is 4. The Labute approximate surface area is 172 Å². The first kappa shape index (κ1) is 18.7. The Kier molecular flexibility index (Phi) is 4.07. The molecule has 3 N–H and O–H groups in total. The van der Waals surface area contributed by atoms with Gasteiger partial charge in [-0.1, -0.05) is 11.6 Å². The Morgan fingerprint density at radius 2 is 2.00 bits per heavy atom. The third-order valence-corrected chi connectivity index (χ3v) is 7.63. The average molecular weight is 418 g/mol. The van der Waals surface area contributed by atoms with Gasteiger partial charge in [-0.2, -0.15) is 10.2 Å². The van der Waals surface area contributed by atoms with Crippen LogP contribution in [0.25, 0.3) is 0 Å². The van der Waals surface area contributed by atoms with Crippen LogP contribution in [-0.4, -0.2) is 31.1 Å². The number of aryl methyl sites for hydroxylation is 2. The number of carbonyl (C=O) groups is 1. The number of nitrogens with zero attached hydrogens (tertiary/aromatic N) is 3. The number of aromatic nitrogens is 4. The van der Waals surface area contributed by atoms with Crippen LogP contribution in [0.15, 0.2) is 11.0 Å². The molecule has 29 heavy (non-hydrogen) atoms. The van der Waals surface area contributed by atoms with E-state index in [2.05, 4.69) is 20.6 Å². The van der Waals surface area contributed by atoms with E-state index in [1.807, 2.05) is 13.8 Å². The lowest BCUT2D eigenvalue weighted by atomic mass is 9.48. The molecule has 3 atom stereocenters. The fourth-order valence-electron chi connectivity index (χ4n) is 6.44. The number of anilines is 2. The minimum Gasteiger partial charge on any atom is -0.481 e. The highest BCUT2D eigenvalue weighted by Crippen LogP contribution is 2.61. The van der Waals surface area contributed by atoms with Crippen LogP contribution >= 0.6 is 11.6 Å². The first-order valence-electron chi connectivity index (χ1n) is 10.1. The second-order valence-electron chi connectivity index (χ2n) is 9.05. The molecule has 2 aromatic heterocycles. The molecule has 4 bridgehead atoms. The van der Waals surface area contributed by atoms with Crippen molar-refractivity contribution in [3.63, 3.8) is 0 Å². The Hall–Kier alpha value is -2.35. The highest BCUT2D eigenvalue weighted by molar-refractivity contribution is 6.33. The molecule has 6 rings (SSSR count). The van der Waals surface area contributed by atoms with E-state index in [4.69, 9.17) is 11.6 Å². The molecule has 0 aromatic carbocycles. The number of aromatic amines is 1. The van der Waals surface area contributed by atoms with Gasteiger partial charge in [-0.15, -0.1) is 0 Å². The first-order valence-corrected chi connectivity index (χ1v) is 10.5. The van der Waals surface area contributed by atoms with Gasteiger partial charge in [0.2, 0.25) is 0 Å². The summed E-state index contributed by atoms with van der Waals surface area (Å²) in [7, 11) is 0. The van der Waals surface area contributed by atoms with Gasteiger partial charge in [-0.25, -0.2) is 4.68 Å². The van der Waals surface area contributed by atoms with Gasteiger partial charge in [-0.05, 0) is 63.7 Å². The van der Waals surface area contributed by atoms with Crippen molar-refractivity contribution in [3.8, 4) is 0 Å². The summed E-state index contributed by atoms with van der Waals surface area (Å²) in [4.78, 5) is 25.5. The predicted octanol–water partition coefficient (Wildman–Crippen LogP) is 3.22. The van der Waals surface area contributed by atoms with Crippen molar-refractivity contribution in [1.29, 1.82) is 0 Å². The van der Waals surface area contributed by atoms with Crippen LogP contribution in [0.5, 0.6) is 0 Å². The third kappa shape index (κ3) is 2.64. The molecular weight excluding hydrogens is 394 g/mol. The quantitative estimate of drug-likeness (QED) is 0.704. The summed E-state index contributed by atoms with van der Waals surface area (Å²) >= 11 is 6.47. The van der Waals surface area contributed by atoms with Crippen LogP contribution in [0.1, 0.15) is 43.5 Å². The lowest BCUT2D eigenvalue weighted by Gasteiger charge is -2.59. The maximum atomic E-state index is 13.3. The van der Waals surface area contributed by atoms with Crippen molar-refractivity contribution in [2.75, 3.05) is 5.32 Å². The summed E-state index contributed by atoms with van der Waals surface area (Å²) in [6.07, 6.45) is 5.92. The smallest absolute Gasteiger partial charge is 0.309 e. The van der Waals surface area contributed by atoms with E-state index < -0.39 is 23.0 Å². The van der Waals surface area contributed by atoms with E-state index in [0.29, 0.717) is 30.4 Å². The van der Waals surface area contributed by atoms with E-state index in [1.54, 1.807) is 0 Å².